The van der Waals surface area contributed by atoms with Crippen molar-refractivity contribution in [2.45, 2.75) is 38.2 Å². The molecule has 1 rings (SSSR count). The van der Waals surface area contributed by atoms with Gasteiger partial charge < -0.3 is 10.2 Å². The number of nitrogens with one attached hydrogen (secondary N) is 1. The van der Waals surface area contributed by atoms with Crippen LogP contribution in [-0.2, 0) is 0 Å². The highest BCUT2D eigenvalue weighted by Crippen LogP contribution is 2.21. The van der Waals surface area contributed by atoms with Crippen LogP contribution >= 0.6 is 0 Å². The van der Waals surface area contributed by atoms with E-state index < -0.39 is 5.92 Å². The highest BCUT2D eigenvalue weighted by molar-refractivity contribution is 4.84. The molecule has 4 heteroatoms. The van der Waals surface area contributed by atoms with Gasteiger partial charge in [0.15, 0.2) is 0 Å². The fourth-order valence-electron chi connectivity index (χ4n) is 1.49. The molecular formula is C10H20F2N2. The standard InChI is InChI=1S/C10H20F2N2/c1-3-6-14(2)8-10(11,12)7-13-9-4-5-9/h9,13H,3-8H2,1-2H3. The summed E-state index contributed by atoms with van der Waals surface area (Å²) in [7, 11) is 1.74. The highest BCUT2D eigenvalue weighted by Gasteiger charge is 2.32. The molecule has 0 radical (unpaired) electrons. The lowest BCUT2D eigenvalue weighted by Crippen LogP contribution is -2.43. The lowest BCUT2D eigenvalue weighted by Gasteiger charge is -2.23. The molecule has 1 aliphatic rings. The van der Waals surface area contributed by atoms with Gasteiger partial charge >= 0.3 is 0 Å². The third kappa shape index (κ3) is 4.86. The zero-order chi connectivity index (χ0) is 10.6. The van der Waals surface area contributed by atoms with Gasteiger partial charge in [-0.1, -0.05) is 6.92 Å². The van der Waals surface area contributed by atoms with Gasteiger partial charge in [0.25, 0.3) is 5.92 Å². The molecule has 0 unspecified atom stereocenters. The van der Waals surface area contributed by atoms with Crippen molar-refractivity contribution in [3.05, 3.63) is 0 Å². The van der Waals surface area contributed by atoms with Crippen LogP contribution in [-0.4, -0.2) is 43.5 Å². The average molecular weight is 206 g/mol. The summed E-state index contributed by atoms with van der Waals surface area (Å²) in [5.74, 6) is -2.59. The van der Waals surface area contributed by atoms with E-state index in [1.165, 1.54) is 0 Å². The van der Waals surface area contributed by atoms with Crippen LogP contribution in [0.3, 0.4) is 0 Å². The molecule has 2 nitrogen and oxygen atoms in total. The number of hydrogen-bond donors (Lipinski definition) is 1. The lowest BCUT2D eigenvalue weighted by molar-refractivity contribution is -0.0250. The maximum absolute atomic E-state index is 13.3. The van der Waals surface area contributed by atoms with Crippen molar-refractivity contribution in [1.29, 1.82) is 0 Å². The summed E-state index contributed by atoms with van der Waals surface area (Å²) >= 11 is 0. The molecule has 1 fully saturated rings. The number of nitrogens with zero attached hydrogens (tertiary/aromatic N) is 1. The first kappa shape index (κ1) is 11.9. The quantitative estimate of drug-likeness (QED) is 0.682. The molecule has 1 N–H and O–H groups in total. The predicted molar refractivity (Wildman–Crippen MR) is 53.8 cm³/mol. The van der Waals surface area contributed by atoms with E-state index in [-0.39, 0.29) is 13.1 Å². The third-order valence-electron chi connectivity index (χ3n) is 2.33. The highest BCUT2D eigenvalue weighted by atomic mass is 19.3. The summed E-state index contributed by atoms with van der Waals surface area (Å²) in [5.41, 5.74) is 0. The van der Waals surface area contributed by atoms with Gasteiger partial charge in [0.05, 0.1) is 13.1 Å². The third-order valence-corrected chi connectivity index (χ3v) is 2.33. The van der Waals surface area contributed by atoms with Gasteiger partial charge in [-0.15, -0.1) is 0 Å². The lowest BCUT2D eigenvalue weighted by atomic mass is 10.3. The fraction of sp³-hybridized carbons (Fsp3) is 1.00. The molecule has 1 saturated carbocycles. The zero-order valence-corrected chi connectivity index (χ0v) is 9.02. The number of hydrogen-bond acceptors (Lipinski definition) is 2. The van der Waals surface area contributed by atoms with Crippen molar-refractivity contribution in [3.63, 3.8) is 0 Å². The van der Waals surface area contributed by atoms with Crippen molar-refractivity contribution >= 4 is 0 Å². The van der Waals surface area contributed by atoms with E-state index in [0.29, 0.717) is 6.04 Å². The van der Waals surface area contributed by atoms with Crippen LogP contribution in [0.5, 0.6) is 0 Å². The molecule has 0 heterocycles. The molecule has 0 amide bonds. The van der Waals surface area contributed by atoms with Crippen LogP contribution in [0.15, 0.2) is 0 Å². The molecular weight excluding hydrogens is 186 g/mol. The first-order valence-corrected chi connectivity index (χ1v) is 5.33. The van der Waals surface area contributed by atoms with E-state index in [1.54, 1.807) is 11.9 Å². The number of halogens is 2. The van der Waals surface area contributed by atoms with Gasteiger partial charge in [-0.2, -0.15) is 0 Å². The topological polar surface area (TPSA) is 15.3 Å². The Hall–Kier alpha value is -0.220. The summed E-state index contributed by atoms with van der Waals surface area (Å²) in [6.45, 7) is 2.42. The van der Waals surface area contributed by atoms with Crippen LogP contribution in [0.25, 0.3) is 0 Å². The van der Waals surface area contributed by atoms with E-state index in [2.05, 4.69) is 5.32 Å². The minimum Gasteiger partial charge on any atom is -0.308 e. The number of alkyl halides is 2. The molecule has 1 aliphatic carbocycles. The van der Waals surface area contributed by atoms with Gasteiger partial charge in [-0.05, 0) is 32.9 Å². The van der Waals surface area contributed by atoms with E-state index in [0.717, 1.165) is 25.8 Å². The Kier molecular flexibility index (Phi) is 4.26. The Bertz CT molecular complexity index is 170. The van der Waals surface area contributed by atoms with Gasteiger partial charge in [0.1, 0.15) is 0 Å². The van der Waals surface area contributed by atoms with Gasteiger partial charge in [0.2, 0.25) is 0 Å². The normalized spacial score (nSPS) is 17.8. The van der Waals surface area contributed by atoms with Crippen molar-refractivity contribution in [1.82, 2.24) is 10.2 Å². The van der Waals surface area contributed by atoms with Crippen molar-refractivity contribution in [2.75, 3.05) is 26.7 Å². The molecule has 0 saturated heterocycles. The Morgan fingerprint density at radius 1 is 1.43 bits per heavy atom. The van der Waals surface area contributed by atoms with E-state index in [9.17, 15) is 8.78 Å². The molecule has 0 aromatic rings. The van der Waals surface area contributed by atoms with Crippen LogP contribution in [0, 0.1) is 0 Å². The molecule has 0 aromatic carbocycles. The first-order valence-electron chi connectivity index (χ1n) is 5.33. The van der Waals surface area contributed by atoms with Crippen molar-refractivity contribution < 1.29 is 8.78 Å². The predicted octanol–water partition coefficient (Wildman–Crippen LogP) is 1.72. The Balaban J connectivity index is 2.16. The SMILES string of the molecule is CCCN(C)CC(F)(F)CNC1CC1. The summed E-state index contributed by atoms with van der Waals surface area (Å²) in [6.07, 6.45) is 3.03. The minimum atomic E-state index is -2.59. The molecule has 0 atom stereocenters. The Morgan fingerprint density at radius 2 is 2.07 bits per heavy atom. The van der Waals surface area contributed by atoms with Crippen LogP contribution in [0.4, 0.5) is 8.78 Å². The maximum atomic E-state index is 13.3. The molecule has 14 heavy (non-hydrogen) atoms. The van der Waals surface area contributed by atoms with E-state index >= 15 is 0 Å². The van der Waals surface area contributed by atoms with Crippen LogP contribution < -0.4 is 5.32 Å². The summed E-state index contributed by atoms with van der Waals surface area (Å²) in [5, 5.41) is 2.87. The average Bonchev–Trinajstić information content (AvgIpc) is 2.83. The van der Waals surface area contributed by atoms with E-state index in [1.807, 2.05) is 6.92 Å². The monoisotopic (exact) mass is 206 g/mol. The summed E-state index contributed by atoms with van der Waals surface area (Å²) in [6, 6.07) is 0.359. The van der Waals surface area contributed by atoms with E-state index in [4.69, 9.17) is 0 Å². The second-order valence-electron chi connectivity index (χ2n) is 4.25. The second kappa shape index (κ2) is 5.03. The largest absolute Gasteiger partial charge is 0.308 e. The van der Waals surface area contributed by atoms with Crippen molar-refractivity contribution in [2.24, 2.45) is 0 Å². The van der Waals surface area contributed by atoms with Crippen molar-refractivity contribution in [3.8, 4) is 0 Å². The second-order valence-corrected chi connectivity index (χ2v) is 4.25. The molecule has 0 spiro atoms. The van der Waals surface area contributed by atoms with Crippen LogP contribution in [0.1, 0.15) is 26.2 Å². The molecule has 0 aliphatic heterocycles. The van der Waals surface area contributed by atoms with Crippen LogP contribution in [0.2, 0.25) is 0 Å². The Labute approximate surface area is 84.7 Å². The van der Waals surface area contributed by atoms with Gasteiger partial charge in [-0.3, -0.25) is 0 Å². The van der Waals surface area contributed by atoms with Gasteiger partial charge in [-0.25, -0.2) is 8.78 Å². The summed E-state index contributed by atoms with van der Waals surface area (Å²) in [4.78, 5) is 1.69. The zero-order valence-electron chi connectivity index (χ0n) is 9.02. The fourth-order valence-corrected chi connectivity index (χ4v) is 1.49. The summed E-state index contributed by atoms with van der Waals surface area (Å²) < 4.78 is 26.6. The first-order chi connectivity index (χ1) is 6.53. The smallest absolute Gasteiger partial charge is 0.272 e. The van der Waals surface area contributed by atoms with Gasteiger partial charge in [0, 0.05) is 6.04 Å². The molecule has 0 aromatic heterocycles. The molecule has 0 bridgehead atoms. The Morgan fingerprint density at radius 3 is 2.57 bits per heavy atom. The molecule has 84 valence electrons. The maximum Gasteiger partial charge on any atom is 0.272 e. The number of rotatable bonds is 7. The minimum absolute atomic E-state index is 0.138.